The normalized spacial score (nSPS) is 9.64. The molecule has 2 rings (SSSR count). The van der Waals surface area contributed by atoms with Gasteiger partial charge in [0.25, 0.3) is 0 Å². The summed E-state index contributed by atoms with van der Waals surface area (Å²) < 4.78 is 0. The standard InChI is InChI=1S/C16H15NO4.K.H/c18-12-8-5-11(6-9-12)7-10-15(19)17-14-4-2-1-3-13(14)16(20)21;;/h1-6,8-9,18H,7,10H2,(H,17,19)(H,20,21);;. The van der Waals surface area contributed by atoms with Gasteiger partial charge in [-0.25, -0.2) is 4.79 Å². The van der Waals surface area contributed by atoms with E-state index in [2.05, 4.69) is 5.32 Å². The number of hydrogen-bond donors (Lipinski definition) is 3. The minimum atomic E-state index is -1.08. The summed E-state index contributed by atoms with van der Waals surface area (Å²) in [5, 5.41) is 20.8. The number of aromatic carboxylic acids is 1. The Morgan fingerprint density at radius 2 is 1.64 bits per heavy atom. The quantitative estimate of drug-likeness (QED) is 0.734. The molecule has 0 heterocycles. The predicted octanol–water partition coefficient (Wildman–Crippen LogP) is 2.01. The van der Waals surface area contributed by atoms with Crippen molar-refractivity contribution in [3.8, 4) is 5.75 Å². The fraction of sp³-hybridized carbons (Fsp3) is 0.125. The second-order valence-corrected chi connectivity index (χ2v) is 4.57. The third-order valence-electron chi connectivity index (χ3n) is 3.01. The van der Waals surface area contributed by atoms with Crippen molar-refractivity contribution in [3.05, 3.63) is 59.7 Å². The summed E-state index contributed by atoms with van der Waals surface area (Å²) >= 11 is 0. The zero-order valence-corrected chi connectivity index (χ0v) is 11.2. The summed E-state index contributed by atoms with van der Waals surface area (Å²) in [4.78, 5) is 22.9. The second kappa shape index (κ2) is 9.07. The first-order valence-corrected chi connectivity index (χ1v) is 6.46. The number of anilines is 1. The van der Waals surface area contributed by atoms with Crippen molar-refractivity contribution in [1.29, 1.82) is 0 Å². The average Bonchev–Trinajstić information content (AvgIpc) is 2.47. The molecule has 0 aliphatic heterocycles. The molecule has 2 aromatic carbocycles. The Morgan fingerprint density at radius 3 is 2.27 bits per heavy atom. The van der Waals surface area contributed by atoms with Crippen molar-refractivity contribution in [1.82, 2.24) is 0 Å². The molecule has 5 nitrogen and oxygen atoms in total. The molecule has 0 spiro atoms. The van der Waals surface area contributed by atoms with Crippen LogP contribution in [0.1, 0.15) is 22.3 Å². The Labute approximate surface area is 170 Å². The summed E-state index contributed by atoms with van der Waals surface area (Å²) in [5.74, 6) is -1.15. The number of carbonyl (C=O) groups is 2. The summed E-state index contributed by atoms with van der Waals surface area (Å²) in [6, 6.07) is 12.9. The van der Waals surface area contributed by atoms with Gasteiger partial charge in [-0.3, -0.25) is 4.79 Å². The van der Waals surface area contributed by atoms with Gasteiger partial charge < -0.3 is 15.5 Å². The molecule has 0 aromatic heterocycles. The Balaban J connectivity index is 0.00000242. The molecule has 3 N–H and O–H groups in total. The number of nitrogens with one attached hydrogen (secondary N) is 1. The number of carboxylic acid groups (broad SMARTS) is 1. The van der Waals surface area contributed by atoms with Crippen LogP contribution in [-0.4, -0.2) is 73.5 Å². The number of phenolic OH excluding ortho intramolecular Hbond substituents is 1. The molecule has 0 atom stereocenters. The Morgan fingerprint density at radius 1 is 1.00 bits per heavy atom. The first-order chi connectivity index (χ1) is 10.1. The zero-order chi connectivity index (χ0) is 15.2. The number of benzene rings is 2. The molecule has 0 fully saturated rings. The molecule has 0 radical (unpaired) electrons. The molecular weight excluding hydrogens is 309 g/mol. The SMILES string of the molecule is O=C(CCc1ccc(O)cc1)Nc1ccccc1C(=O)O.[KH]. The van der Waals surface area contributed by atoms with Crippen molar-refractivity contribution in [2.75, 3.05) is 5.32 Å². The number of hydrogen-bond acceptors (Lipinski definition) is 3. The molecule has 1 amide bonds. The van der Waals surface area contributed by atoms with Gasteiger partial charge in [0.2, 0.25) is 5.91 Å². The van der Waals surface area contributed by atoms with Crippen LogP contribution in [0.4, 0.5) is 5.69 Å². The molecular formula is C16H16KNO4. The van der Waals surface area contributed by atoms with E-state index < -0.39 is 5.97 Å². The summed E-state index contributed by atoms with van der Waals surface area (Å²) in [7, 11) is 0. The maximum atomic E-state index is 11.9. The van der Waals surface area contributed by atoms with Crippen molar-refractivity contribution >= 4 is 68.9 Å². The molecule has 0 saturated carbocycles. The number of rotatable bonds is 5. The van der Waals surface area contributed by atoms with Gasteiger partial charge in [0, 0.05) is 6.42 Å². The van der Waals surface area contributed by atoms with E-state index in [0.717, 1.165) is 5.56 Å². The van der Waals surface area contributed by atoms with Crippen LogP contribution in [-0.2, 0) is 11.2 Å². The molecule has 0 bridgehead atoms. The van der Waals surface area contributed by atoms with Crippen LogP contribution in [0.2, 0.25) is 0 Å². The molecule has 110 valence electrons. The van der Waals surface area contributed by atoms with Crippen LogP contribution in [0.3, 0.4) is 0 Å². The number of aryl methyl sites for hydroxylation is 1. The number of carbonyl (C=O) groups excluding carboxylic acids is 1. The zero-order valence-electron chi connectivity index (χ0n) is 11.2. The van der Waals surface area contributed by atoms with E-state index in [4.69, 9.17) is 5.11 Å². The van der Waals surface area contributed by atoms with Crippen LogP contribution in [0.5, 0.6) is 5.75 Å². The first kappa shape index (κ1) is 18.9. The summed E-state index contributed by atoms with van der Waals surface area (Å²) in [6.07, 6.45) is 0.750. The monoisotopic (exact) mass is 325 g/mol. The molecule has 2 aromatic rings. The van der Waals surface area contributed by atoms with Crippen molar-refractivity contribution in [2.45, 2.75) is 12.8 Å². The summed E-state index contributed by atoms with van der Waals surface area (Å²) in [5.41, 5.74) is 1.28. The van der Waals surface area contributed by atoms with Crippen LogP contribution < -0.4 is 5.32 Å². The van der Waals surface area contributed by atoms with E-state index in [1.165, 1.54) is 6.07 Å². The molecule has 22 heavy (non-hydrogen) atoms. The van der Waals surface area contributed by atoms with Crippen molar-refractivity contribution in [3.63, 3.8) is 0 Å². The fourth-order valence-corrected chi connectivity index (χ4v) is 1.91. The number of phenols is 1. The van der Waals surface area contributed by atoms with E-state index in [1.807, 2.05) is 0 Å². The fourth-order valence-electron chi connectivity index (χ4n) is 1.91. The Bertz CT molecular complexity index is 655. The number of para-hydroxylation sites is 1. The number of carboxylic acids is 1. The molecule has 0 unspecified atom stereocenters. The van der Waals surface area contributed by atoms with Gasteiger partial charge in [-0.05, 0) is 36.2 Å². The van der Waals surface area contributed by atoms with E-state index in [0.29, 0.717) is 12.1 Å². The minimum absolute atomic E-state index is 0. The first-order valence-electron chi connectivity index (χ1n) is 6.46. The topological polar surface area (TPSA) is 86.6 Å². The number of amides is 1. The van der Waals surface area contributed by atoms with Gasteiger partial charge in [0.05, 0.1) is 11.3 Å². The maximum absolute atomic E-state index is 11.9. The van der Waals surface area contributed by atoms with E-state index in [9.17, 15) is 14.7 Å². The van der Waals surface area contributed by atoms with Gasteiger partial charge in [-0.1, -0.05) is 24.3 Å². The van der Waals surface area contributed by atoms with Crippen LogP contribution in [0.15, 0.2) is 48.5 Å². The van der Waals surface area contributed by atoms with E-state index in [-0.39, 0.29) is 75.0 Å². The molecule has 0 aliphatic rings. The third-order valence-corrected chi connectivity index (χ3v) is 3.01. The van der Waals surface area contributed by atoms with Crippen LogP contribution in [0.25, 0.3) is 0 Å². The van der Waals surface area contributed by atoms with Gasteiger partial charge >= 0.3 is 57.4 Å². The Hall–Kier alpha value is -1.18. The summed E-state index contributed by atoms with van der Waals surface area (Å²) in [6.45, 7) is 0. The van der Waals surface area contributed by atoms with E-state index in [1.54, 1.807) is 42.5 Å². The average molecular weight is 325 g/mol. The molecule has 0 saturated heterocycles. The van der Waals surface area contributed by atoms with Gasteiger partial charge in [-0.2, -0.15) is 0 Å². The molecule has 6 heteroatoms. The predicted molar refractivity (Wildman–Crippen MR) is 85.6 cm³/mol. The van der Waals surface area contributed by atoms with Crippen LogP contribution >= 0.6 is 0 Å². The van der Waals surface area contributed by atoms with Gasteiger partial charge in [0.15, 0.2) is 0 Å². The second-order valence-electron chi connectivity index (χ2n) is 4.57. The third kappa shape index (κ3) is 5.55. The van der Waals surface area contributed by atoms with Crippen LogP contribution in [0, 0.1) is 0 Å². The van der Waals surface area contributed by atoms with Crippen molar-refractivity contribution < 1.29 is 19.8 Å². The number of aromatic hydroxyl groups is 1. The van der Waals surface area contributed by atoms with Gasteiger partial charge in [-0.15, -0.1) is 0 Å². The molecule has 0 aliphatic carbocycles. The Kier molecular flexibility index (Phi) is 7.78. The van der Waals surface area contributed by atoms with Gasteiger partial charge in [0.1, 0.15) is 5.75 Å². The van der Waals surface area contributed by atoms with Crippen molar-refractivity contribution in [2.24, 2.45) is 0 Å². The van der Waals surface area contributed by atoms with E-state index >= 15 is 0 Å².